The Hall–Kier alpha value is -2.62. The van der Waals surface area contributed by atoms with Crippen molar-refractivity contribution in [3.63, 3.8) is 0 Å². The summed E-state index contributed by atoms with van der Waals surface area (Å²) in [4.78, 5) is 26.1. The maximum atomic E-state index is 12.9. The van der Waals surface area contributed by atoms with Gasteiger partial charge in [0.2, 0.25) is 5.91 Å². The van der Waals surface area contributed by atoms with Crippen LogP contribution in [0.5, 0.6) is 0 Å². The summed E-state index contributed by atoms with van der Waals surface area (Å²) < 4.78 is 4.72. The van der Waals surface area contributed by atoms with Crippen LogP contribution < -0.4 is 4.90 Å². The summed E-state index contributed by atoms with van der Waals surface area (Å²) in [5.41, 5.74) is 5.32. The molecule has 1 amide bonds. The predicted molar refractivity (Wildman–Crippen MR) is 117 cm³/mol. The molecule has 1 aliphatic carbocycles. The van der Waals surface area contributed by atoms with E-state index in [1.165, 1.54) is 24.7 Å². The molecule has 0 atom stereocenters. The minimum atomic E-state index is -0.384. The van der Waals surface area contributed by atoms with E-state index in [0.717, 1.165) is 17.7 Å². The van der Waals surface area contributed by atoms with Gasteiger partial charge in [0.1, 0.15) is 0 Å². The number of hydrogen-bond donors (Lipinski definition) is 0. The second kappa shape index (κ2) is 7.66. The van der Waals surface area contributed by atoms with Crippen LogP contribution in [0.15, 0.2) is 42.5 Å². The number of nitrogens with zero attached hydrogens (tertiary/aromatic N) is 1. The van der Waals surface area contributed by atoms with Crippen molar-refractivity contribution in [2.24, 2.45) is 0 Å². The topological polar surface area (TPSA) is 46.6 Å². The number of fused-ring (bicyclic) bond motifs is 1. The van der Waals surface area contributed by atoms with E-state index < -0.39 is 0 Å². The van der Waals surface area contributed by atoms with Gasteiger partial charge >= 0.3 is 5.97 Å². The summed E-state index contributed by atoms with van der Waals surface area (Å²) in [6, 6.07) is 13.4. The third-order valence-corrected chi connectivity index (χ3v) is 6.32. The van der Waals surface area contributed by atoms with Crippen LogP contribution in [0.4, 0.5) is 5.69 Å². The fraction of sp³-hybridized carbons (Fsp3) is 0.440. The van der Waals surface area contributed by atoms with E-state index in [9.17, 15) is 9.59 Å². The number of amides is 1. The zero-order valence-corrected chi connectivity index (χ0v) is 18.3. The molecule has 3 rings (SSSR count). The number of carbonyl (C=O) groups excluding carboxylic acids is 2. The van der Waals surface area contributed by atoms with Crippen molar-refractivity contribution in [2.75, 3.05) is 19.1 Å². The van der Waals surface area contributed by atoms with E-state index >= 15 is 0 Å². The normalized spacial score (nSPS) is 16.6. The van der Waals surface area contributed by atoms with Crippen molar-refractivity contribution < 1.29 is 14.3 Å². The van der Waals surface area contributed by atoms with Gasteiger partial charge in [0.25, 0.3) is 0 Å². The van der Waals surface area contributed by atoms with Crippen molar-refractivity contribution >= 4 is 17.6 Å². The number of benzene rings is 2. The van der Waals surface area contributed by atoms with Gasteiger partial charge in [0.15, 0.2) is 0 Å². The Kier molecular flexibility index (Phi) is 5.57. The minimum absolute atomic E-state index is 0.0173. The first-order valence-electron chi connectivity index (χ1n) is 10.1. The van der Waals surface area contributed by atoms with Crippen LogP contribution in [0.1, 0.15) is 67.6 Å². The Bertz CT molecular complexity index is 926. The highest BCUT2D eigenvalue weighted by atomic mass is 16.5. The molecule has 29 heavy (non-hydrogen) atoms. The van der Waals surface area contributed by atoms with Crippen LogP contribution in [0.3, 0.4) is 0 Å². The third-order valence-electron chi connectivity index (χ3n) is 6.32. The zero-order chi connectivity index (χ0) is 21.4. The predicted octanol–water partition coefficient (Wildman–Crippen LogP) is 5.03. The Morgan fingerprint density at radius 2 is 1.52 bits per heavy atom. The summed E-state index contributed by atoms with van der Waals surface area (Å²) >= 11 is 0. The second-order valence-corrected chi connectivity index (χ2v) is 9.32. The molecular weight excluding hydrogens is 362 g/mol. The standard InChI is InChI=1S/C25H31NO3/c1-24(2)13-14-25(3,4)21-15-17(7-12-20(21)24)16-22(27)26(5)19-10-8-18(9-11-19)23(28)29-6/h7-12,15H,13-14,16H2,1-6H3. The summed E-state index contributed by atoms with van der Waals surface area (Å²) in [7, 11) is 3.12. The Labute approximate surface area is 173 Å². The fourth-order valence-corrected chi connectivity index (χ4v) is 4.12. The monoisotopic (exact) mass is 393 g/mol. The largest absolute Gasteiger partial charge is 0.465 e. The summed E-state index contributed by atoms with van der Waals surface area (Å²) in [6.45, 7) is 9.19. The van der Waals surface area contributed by atoms with Crippen LogP contribution >= 0.6 is 0 Å². The van der Waals surface area contributed by atoms with E-state index in [4.69, 9.17) is 4.74 Å². The van der Waals surface area contributed by atoms with Gasteiger partial charge in [-0.2, -0.15) is 0 Å². The summed E-state index contributed by atoms with van der Waals surface area (Å²) in [5.74, 6) is -0.367. The highest BCUT2D eigenvalue weighted by Gasteiger charge is 2.37. The minimum Gasteiger partial charge on any atom is -0.465 e. The van der Waals surface area contributed by atoms with Gasteiger partial charge in [0.05, 0.1) is 19.1 Å². The highest BCUT2D eigenvalue weighted by Crippen LogP contribution is 2.45. The number of rotatable bonds is 4. The lowest BCUT2D eigenvalue weighted by atomic mass is 9.63. The number of esters is 1. The molecule has 0 saturated heterocycles. The highest BCUT2D eigenvalue weighted by molar-refractivity contribution is 5.95. The molecule has 0 aromatic heterocycles. The van der Waals surface area contributed by atoms with Crippen LogP contribution in [-0.4, -0.2) is 26.0 Å². The molecule has 2 aromatic rings. The molecule has 4 heteroatoms. The van der Waals surface area contributed by atoms with Crippen molar-refractivity contribution in [1.29, 1.82) is 0 Å². The molecule has 0 spiro atoms. The van der Waals surface area contributed by atoms with Gasteiger partial charge in [0, 0.05) is 12.7 Å². The van der Waals surface area contributed by atoms with Crippen molar-refractivity contribution in [3.8, 4) is 0 Å². The molecule has 154 valence electrons. The number of anilines is 1. The lowest BCUT2D eigenvalue weighted by Gasteiger charge is -2.42. The SMILES string of the molecule is COC(=O)c1ccc(N(C)C(=O)Cc2ccc3c(c2)C(C)(C)CCC3(C)C)cc1. The van der Waals surface area contributed by atoms with Crippen molar-refractivity contribution in [2.45, 2.75) is 57.8 Å². The van der Waals surface area contributed by atoms with Crippen LogP contribution in [-0.2, 0) is 26.8 Å². The molecule has 4 nitrogen and oxygen atoms in total. The van der Waals surface area contributed by atoms with E-state index in [2.05, 4.69) is 45.9 Å². The van der Waals surface area contributed by atoms with E-state index in [1.54, 1.807) is 36.2 Å². The molecule has 2 aromatic carbocycles. The average Bonchev–Trinajstić information content (AvgIpc) is 2.70. The maximum Gasteiger partial charge on any atom is 0.337 e. The van der Waals surface area contributed by atoms with Crippen LogP contribution in [0.25, 0.3) is 0 Å². The molecule has 0 bridgehead atoms. The Balaban J connectivity index is 1.79. The molecule has 0 heterocycles. The smallest absolute Gasteiger partial charge is 0.337 e. The maximum absolute atomic E-state index is 12.9. The number of carbonyl (C=O) groups is 2. The molecule has 0 saturated carbocycles. The molecular formula is C25H31NO3. The van der Waals surface area contributed by atoms with Crippen molar-refractivity contribution in [1.82, 2.24) is 0 Å². The van der Waals surface area contributed by atoms with Gasteiger partial charge in [-0.25, -0.2) is 4.79 Å². The van der Waals surface area contributed by atoms with E-state index in [1.807, 2.05) is 0 Å². The van der Waals surface area contributed by atoms with E-state index in [0.29, 0.717) is 12.0 Å². The van der Waals surface area contributed by atoms with Gasteiger partial charge in [-0.15, -0.1) is 0 Å². The molecule has 0 aliphatic heterocycles. The lowest BCUT2D eigenvalue weighted by Crippen LogP contribution is -2.34. The van der Waals surface area contributed by atoms with Crippen LogP contribution in [0.2, 0.25) is 0 Å². The first kappa shape index (κ1) is 21.1. The quantitative estimate of drug-likeness (QED) is 0.685. The lowest BCUT2D eigenvalue weighted by molar-refractivity contribution is -0.117. The number of methoxy groups -OCH3 is 1. The molecule has 0 unspecified atom stereocenters. The van der Waals surface area contributed by atoms with Gasteiger partial charge in [-0.1, -0.05) is 45.9 Å². The molecule has 0 fully saturated rings. The number of hydrogen-bond acceptors (Lipinski definition) is 3. The van der Waals surface area contributed by atoms with Gasteiger partial charge in [-0.05, 0) is 64.6 Å². The van der Waals surface area contributed by atoms with Gasteiger partial charge < -0.3 is 9.64 Å². The second-order valence-electron chi connectivity index (χ2n) is 9.32. The first-order valence-corrected chi connectivity index (χ1v) is 10.1. The van der Waals surface area contributed by atoms with Crippen molar-refractivity contribution in [3.05, 3.63) is 64.7 Å². The fourth-order valence-electron chi connectivity index (χ4n) is 4.12. The number of likely N-dealkylation sites (N-methyl/N-ethyl adjacent to an activating group) is 1. The van der Waals surface area contributed by atoms with Crippen LogP contribution in [0, 0.1) is 0 Å². The molecule has 0 radical (unpaired) electrons. The summed E-state index contributed by atoms with van der Waals surface area (Å²) in [6.07, 6.45) is 2.67. The molecule has 0 N–H and O–H groups in total. The third kappa shape index (κ3) is 4.21. The number of ether oxygens (including phenoxy) is 1. The Morgan fingerprint density at radius 3 is 2.10 bits per heavy atom. The van der Waals surface area contributed by atoms with E-state index in [-0.39, 0.29) is 22.7 Å². The Morgan fingerprint density at radius 1 is 0.931 bits per heavy atom. The molecule has 1 aliphatic rings. The average molecular weight is 394 g/mol. The van der Waals surface area contributed by atoms with Gasteiger partial charge in [-0.3, -0.25) is 4.79 Å². The zero-order valence-electron chi connectivity index (χ0n) is 18.3. The first-order chi connectivity index (χ1) is 13.5. The summed E-state index contributed by atoms with van der Waals surface area (Å²) in [5, 5.41) is 0.